The van der Waals surface area contributed by atoms with Crippen LogP contribution < -0.4 is 5.56 Å². The van der Waals surface area contributed by atoms with Crippen LogP contribution in [0, 0.1) is 0 Å². The van der Waals surface area contributed by atoms with E-state index in [1.807, 2.05) is 31.2 Å². The molecule has 1 aliphatic heterocycles. The predicted molar refractivity (Wildman–Crippen MR) is 97.9 cm³/mol. The Hall–Kier alpha value is -2.61. The molecule has 4 rings (SSSR count). The van der Waals surface area contributed by atoms with Crippen LogP contribution >= 0.6 is 11.8 Å². The maximum Gasteiger partial charge on any atom is 0.257 e. The molecule has 26 heavy (non-hydrogen) atoms. The van der Waals surface area contributed by atoms with Crippen LogP contribution in [0.15, 0.2) is 45.0 Å². The largest absolute Gasteiger partial charge is 0.431 e. The van der Waals surface area contributed by atoms with Crippen molar-refractivity contribution in [2.75, 3.05) is 6.54 Å². The number of benzene rings is 1. The second-order valence-electron chi connectivity index (χ2n) is 6.13. The Morgan fingerprint density at radius 2 is 2.27 bits per heavy atom. The van der Waals surface area contributed by atoms with Crippen molar-refractivity contribution in [3.63, 3.8) is 0 Å². The molecule has 3 aromatic rings. The summed E-state index contributed by atoms with van der Waals surface area (Å²) in [5, 5.41) is 0.213. The van der Waals surface area contributed by atoms with E-state index in [0.717, 1.165) is 5.52 Å². The number of hydrogen-bond donors (Lipinski definition) is 1. The first-order valence-corrected chi connectivity index (χ1v) is 9.40. The highest BCUT2D eigenvalue weighted by molar-refractivity contribution is 8.00. The predicted octanol–water partition coefficient (Wildman–Crippen LogP) is 2.37. The Bertz CT molecular complexity index is 980. The number of oxazole rings is 1. The summed E-state index contributed by atoms with van der Waals surface area (Å²) in [6.45, 7) is 2.85. The fourth-order valence-corrected chi connectivity index (χ4v) is 4.04. The summed E-state index contributed by atoms with van der Waals surface area (Å²) in [7, 11) is 0. The molecule has 0 aliphatic carbocycles. The van der Waals surface area contributed by atoms with E-state index < -0.39 is 0 Å². The van der Waals surface area contributed by atoms with Gasteiger partial charge in [-0.2, -0.15) is 0 Å². The van der Waals surface area contributed by atoms with E-state index in [-0.39, 0.29) is 16.7 Å². The van der Waals surface area contributed by atoms with Gasteiger partial charge in [0, 0.05) is 12.1 Å². The van der Waals surface area contributed by atoms with Crippen molar-refractivity contribution in [2.45, 2.75) is 36.8 Å². The van der Waals surface area contributed by atoms with Crippen LogP contribution in [0.2, 0.25) is 0 Å². The van der Waals surface area contributed by atoms with E-state index in [1.165, 1.54) is 18.1 Å². The SMILES string of the molecule is CC[C@H](Sc1nc2ccccc2o1)C(=O)N1CCc2c(nc[nH]c2=O)C1. The van der Waals surface area contributed by atoms with Crippen LogP contribution in [0.3, 0.4) is 0 Å². The number of carbonyl (C=O) groups is 1. The number of nitrogens with one attached hydrogen (secondary N) is 1. The number of hydrogen-bond acceptors (Lipinski definition) is 6. The standard InChI is InChI=1S/C18H18N4O3S/c1-2-15(26-18-21-12-5-3-4-6-14(12)25-18)17(24)22-8-7-11-13(9-22)19-10-20-16(11)23/h3-6,10,15H,2,7-9H2,1H3,(H,19,20,23)/t15-/m0/s1. The minimum Gasteiger partial charge on any atom is -0.431 e. The molecular weight excluding hydrogens is 352 g/mol. The first-order chi connectivity index (χ1) is 12.7. The molecule has 0 unspecified atom stereocenters. The third-order valence-electron chi connectivity index (χ3n) is 4.49. The Labute approximate surface area is 153 Å². The van der Waals surface area contributed by atoms with Crippen LogP contribution in [0.25, 0.3) is 11.1 Å². The van der Waals surface area contributed by atoms with E-state index >= 15 is 0 Å². The summed E-state index contributed by atoms with van der Waals surface area (Å²) in [5.41, 5.74) is 2.74. The zero-order valence-electron chi connectivity index (χ0n) is 14.3. The molecule has 2 aromatic heterocycles. The van der Waals surface area contributed by atoms with E-state index in [9.17, 15) is 9.59 Å². The van der Waals surface area contributed by atoms with Gasteiger partial charge in [0.1, 0.15) is 5.52 Å². The highest BCUT2D eigenvalue weighted by Gasteiger charge is 2.29. The maximum absolute atomic E-state index is 13.0. The van der Waals surface area contributed by atoms with Crippen molar-refractivity contribution >= 4 is 28.8 Å². The van der Waals surface area contributed by atoms with Gasteiger partial charge in [-0.15, -0.1) is 0 Å². The third-order valence-corrected chi connectivity index (χ3v) is 5.68. The van der Waals surface area contributed by atoms with Gasteiger partial charge in [-0.1, -0.05) is 30.8 Å². The van der Waals surface area contributed by atoms with Gasteiger partial charge in [-0.25, -0.2) is 9.97 Å². The normalized spacial score (nSPS) is 15.0. The molecule has 0 bridgehead atoms. The number of H-pyrrole nitrogens is 1. The smallest absolute Gasteiger partial charge is 0.257 e. The zero-order valence-corrected chi connectivity index (χ0v) is 15.1. The van der Waals surface area contributed by atoms with Crippen molar-refractivity contribution in [1.29, 1.82) is 0 Å². The summed E-state index contributed by atoms with van der Waals surface area (Å²) < 4.78 is 5.73. The van der Waals surface area contributed by atoms with Gasteiger partial charge in [-0.3, -0.25) is 9.59 Å². The molecule has 0 saturated carbocycles. The monoisotopic (exact) mass is 370 g/mol. The molecule has 1 aliphatic rings. The highest BCUT2D eigenvalue weighted by Crippen LogP contribution is 2.30. The molecule has 3 heterocycles. The first-order valence-electron chi connectivity index (χ1n) is 8.52. The number of fused-ring (bicyclic) bond motifs is 2. The summed E-state index contributed by atoms with van der Waals surface area (Å²) in [6.07, 6.45) is 2.57. The number of para-hydroxylation sites is 2. The minimum atomic E-state index is -0.286. The van der Waals surface area contributed by atoms with E-state index in [1.54, 1.807) is 4.90 Å². The van der Waals surface area contributed by atoms with Gasteiger partial charge in [-0.05, 0) is 25.0 Å². The van der Waals surface area contributed by atoms with Crippen molar-refractivity contribution in [2.24, 2.45) is 0 Å². The zero-order chi connectivity index (χ0) is 18.1. The topological polar surface area (TPSA) is 92.1 Å². The van der Waals surface area contributed by atoms with Gasteiger partial charge in [0.2, 0.25) is 5.91 Å². The number of aromatic nitrogens is 3. The van der Waals surface area contributed by atoms with Crippen molar-refractivity contribution in [3.8, 4) is 0 Å². The molecule has 1 atom stereocenters. The summed E-state index contributed by atoms with van der Waals surface area (Å²) in [4.78, 5) is 37.8. The van der Waals surface area contributed by atoms with Crippen LogP contribution in [-0.4, -0.2) is 37.6 Å². The van der Waals surface area contributed by atoms with Crippen LogP contribution in [0.1, 0.15) is 24.6 Å². The van der Waals surface area contributed by atoms with Crippen molar-refractivity contribution in [3.05, 3.63) is 52.2 Å². The maximum atomic E-state index is 13.0. The van der Waals surface area contributed by atoms with Gasteiger partial charge < -0.3 is 14.3 Å². The fraction of sp³-hybridized carbons (Fsp3) is 0.333. The Balaban J connectivity index is 1.51. The third kappa shape index (κ3) is 3.12. The lowest BCUT2D eigenvalue weighted by Gasteiger charge is -2.29. The molecule has 0 radical (unpaired) electrons. The number of thioether (sulfide) groups is 1. The van der Waals surface area contributed by atoms with Gasteiger partial charge >= 0.3 is 0 Å². The van der Waals surface area contributed by atoms with E-state index in [4.69, 9.17) is 4.42 Å². The fourth-order valence-electron chi connectivity index (χ4n) is 3.09. The summed E-state index contributed by atoms with van der Waals surface area (Å²) in [6, 6.07) is 7.54. The number of carbonyl (C=O) groups excluding carboxylic acids is 1. The number of aromatic amines is 1. The Kier molecular flexibility index (Phi) is 4.50. The minimum absolute atomic E-state index is 0.0208. The second kappa shape index (κ2) is 6.95. The molecule has 1 amide bonds. The molecule has 1 aromatic carbocycles. The quantitative estimate of drug-likeness (QED) is 0.709. The molecule has 0 fully saturated rings. The lowest BCUT2D eigenvalue weighted by atomic mass is 10.1. The summed E-state index contributed by atoms with van der Waals surface area (Å²) in [5.74, 6) is 0.0208. The lowest BCUT2D eigenvalue weighted by molar-refractivity contribution is -0.131. The van der Waals surface area contributed by atoms with Gasteiger partial charge in [0.15, 0.2) is 5.58 Å². The van der Waals surface area contributed by atoms with Gasteiger partial charge in [0.05, 0.1) is 23.8 Å². The highest BCUT2D eigenvalue weighted by atomic mass is 32.2. The Morgan fingerprint density at radius 3 is 3.08 bits per heavy atom. The van der Waals surface area contributed by atoms with Crippen LogP contribution in [0.5, 0.6) is 0 Å². The van der Waals surface area contributed by atoms with Crippen molar-refractivity contribution in [1.82, 2.24) is 19.9 Å². The average Bonchev–Trinajstić information content (AvgIpc) is 3.08. The average molecular weight is 370 g/mol. The summed E-state index contributed by atoms with van der Waals surface area (Å²) >= 11 is 1.34. The van der Waals surface area contributed by atoms with Gasteiger partial charge in [0.25, 0.3) is 10.8 Å². The molecule has 0 saturated heterocycles. The molecule has 134 valence electrons. The van der Waals surface area contributed by atoms with E-state index in [0.29, 0.717) is 48.0 Å². The van der Waals surface area contributed by atoms with E-state index in [2.05, 4.69) is 15.0 Å². The molecule has 8 heteroatoms. The molecule has 7 nitrogen and oxygen atoms in total. The molecule has 1 N–H and O–H groups in total. The number of nitrogens with zero attached hydrogens (tertiary/aromatic N) is 3. The lowest BCUT2D eigenvalue weighted by Crippen LogP contribution is -2.42. The first kappa shape index (κ1) is 16.8. The second-order valence-corrected chi connectivity index (χ2v) is 7.28. The molecular formula is C18H18N4O3S. The molecule has 0 spiro atoms. The van der Waals surface area contributed by atoms with Crippen molar-refractivity contribution < 1.29 is 9.21 Å². The number of rotatable bonds is 4. The van der Waals surface area contributed by atoms with Crippen LogP contribution in [-0.2, 0) is 17.8 Å². The van der Waals surface area contributed by atoms with Crippen LogP contribution in [0.4, 0.5) is 0 Å². The Morgan fingerprint density at radius 1 is 1.42 bits per heavy atom. The number of amides is 1.